The number of piperidine rings is 1. The molecule has 0 spiro atoms. The molecule has 0 unspecified atom stereocenters. The molecule has 5 rings (SSSR count). The van der Waals surface area contributed by atoms with Gasteiger partial charge in [0.1, 0.15) is 0 Å². The van der Waals surface area contributed by atoms with Gasteiger partial charge in [-0.3, -0.25) is 4.79 Å². The summed E-state index contributed by atoms with van der Waals surface area (Å²) in [5.41, 5.74) is 3.70. The van der Waals surface area contributed by atoms with E-state index in [-0.39, 0.29) is 5.91 Å². The van der Waals surface area contributed by atoms with E-state index in [9.17, 15) is 4.79 Å². The second-order valence-corrected chi connectivity index (χ2v) is 10.3. The van der Waals surface area contributed by atoms with E-state index < -0.39 is 0 Å². The topological polar surface area (TPSA) is 33.2 Å². The molecule has 0 bridgehead atoms. The average Bonchev–Trinajstić information content (AvgIpc) is 3.18. The van der Waals surface area contributed by atoms with Crippen molar-refractivity contribution in [3.05, 3.63) is 99.5 Å². The molecule has 2 heterocycles. The van der Waals surface area contributed by atoms with Gasteiger partial charge in [-0.15, -0.1) is 11.3 Å². The lowest BCUT2D eigenvalue weighted by atomic mass is 9.90. The van der Waals surface area contributed by atoms with Crippen LogP contribution in [0.5, 0.6) is 0 Å². The molecular formula is C29H30N2OS. The molecule has 1 aliphatic heterocycles. The van der Waals surface area contributed by atoms with E-state index in [0.29, 0.717) is 12.3 Å². The standard InChI is InChI=1S/C29H30N2OS/c1-21-27(33-28(30-21)19-25-12-7-11-24-10-5-6-13-26(24)25)20-29(32)31-16-14-23(15-17-31)18-22-8-3-2-4-9-22/h2-13,23H,14-20H2,1H3. The molecule has 1 aliphatic rings. The van der Waals surface area contributed by atoms with Crippen LogP contribution in [0.15, 0.2) is 72.8 Å². The van der Waals surface area contributed by atoms with Crippen LogP contribution < -0.4 is 0 Å². The van der Waals surface area contributed by atoms with E-state index in [4.69, 9.17) is 4.98 Å². The van der Waals surface area contributed by atoms with Crippen molar-refractivity contribution in [2.24, 2.45) is 5.92 Å². The molecule has 0 N–H and O–H groups in total. The summed E-state index contributed by atoms with van der Waals surface area (Å²) in [6.45, 7) is 3.78. The first kappa shape index (κ1) is 21.8. The summed E-state index contributed by atoms with van der Waals surface area (Å²) < 4.78 is 0. The molecular weight excluding hydrogens is 424 g/mol. The van der Waals surface area contributed by atoms with Crippen LogP contribution in [0.2, 0.25) is 0 Å². The second kappa shape index (κ2) is 9.88. The third-order valence-corrected chi connectivity index (χ3v) is 7.96. The number of hydrogen-bond donors (Lipinski definition) is 0. The monoisotopic (exact) mass is 454 g/mol. The van der Waals surface area contributed by atoms with Gasteiger partial charge in [-0.2, -0.15) is 0 Å². The van der Waals surface area contributed by atoms with E-state index in [0.717, 1.165) is 54.4 Å². The Hall–Kier alpha value is -2.98. The molecule has 0 aliphatic carbocycles. The number of benzene rings is 3. The number of nitrogens with zero attached hydrogens (tertiary/aromatic N) is 2. The summed E-state index contributed by atoms with van der Waals surface area (Å²) in [5.74, 6) is 0.922. The van der Waals surface area contributed by atoms with Gasteiger partial charge in [0.2, 0.25) is 5.91 Å². The van der Waals surface area contributed by atoms with Crippen LogP contribution in [0.3, 0.4) is 0 Å². The number of aromatic nitrogens is 1. The highest BCUT2D eigenvalue weighted by Gasteiger charge is 2.24. The number of fused-ring (bicyclic) bond motifs is 1. The molecule has 1 aromatic heterocycles. The van der Waals surface area contributed by atoms with Crippen molar-refractivity contribution in [1.29, 1.82) is 0 Å². The average molecular weight is 455 g/mol. The predicted molar refractivity (Wildman–Crippen MR) is 137 cm³/mol. The van der Waals surface area contributed by atoms with Gasteiger partial charge in [0, 0.05) is 24.4 Å². The van der Waals surface area contributed by atoms with E-state index in [2.05, 4.69) is 77.7 Å². The molecule has 0 saturated carbocycles. The van der Waals surface area contributed by atoms with Crippen LogP contribution >= 0.6 is 11.3 Å². The zero-order valence-corrected chi connectivity index (χ0v) is 20.0. The maximum absolute atomic E-state index is 13.0. The fourth-order valence-electron chi connectivity index (χ4n) is 4.92. The third-order valence-electron chi connectivity index (χ3n) is 6.80. The number of likely N-dealkylation sites (tertiary alicyclic amines) is 1. The lowest BCUT2D eigenvalue weighted by Gasteiger charge is -2.32. The zero-order valence-electron chi connectivity index (χ0n) is 19.2. The van der Waals surface area contributed by atoms with Gasteiger partial charge in [-0.1, -0.05) is 72.8 Å². The lowest BCUT2D eigenvalue weighted by molar-refractivity contribution is -0.131. The minimum Gasteiger partial charge on any atom is -0.342 e. The van der Waals surface area contributed by atoms with Crippen molar-refractivity contribution in [2.75, 3.05) is 13.1 Å². The number of aryl methyl sites for hydroxylation is 1. The summed E-state index contributed by atoms with van der Waals surface area (Å²) >= 11 is 1.70. The van der Waals surface area contributed by atoms with Crippen molar-refractivity contribution >= 4 is 28.0 Å². The maximum atomic E-state index is 13.0. The van der Waals surface area contributed by atoms with Gasteiger partial charge in [0.15, 0.2) is 0 Å². The Bertz CT molecular complexity index is 1230. The SMILES string of the molecule is Cc1nc(Cc2cccc3ccccc23)sc1CC(=O)N1CCC(Cc2ccccc2)CC1. The molecule has 1 fully saturated rings. The van der Waals surface area contributed by atoms with Gasteiger partial charge in [-0.25, -0.2) is 4.98 Å². The largest absolute Gasteiger partial charge is 0.342 e. The molecule has 4 aromatic rings. The Morgan fingerprint density at radius 1 is 0.970 bits per heavy atom. The normalized spacial score (nSPS) is 14.6. The van der Waals surface area contributed by atoms with Crippen LogP contribution in [0, 0.1) is 12.8 Å². The Morgan fingerprint density at radius 3 is 2.52 bits per heavy atom. The van der Waals surface area contributed by atoms with Crippen LogP contribution in [0.4, 0.5) is 0 Å². The molecule has 3 aromatic carbocycles. The summed E-state index contributed by atoms with van der Waals surface area (Å²) in [4.78, 5) is 21.0. The van der Waals surface area contributed by atoms with Crippen LogP contribution in [0.25, 0.3) is 10.8 Å². The Labute approximate surface area is 200 Å². The Balaban J connectivity index is 1.19. The highest BCUT2D eigenvalue weighted by Crippen LogP contribution is 2.27. The number of rotatable bonds is 6. The van der Waals surface area contributed by atoms with Crippen molar-refractivity contribution in [2.45, 2.75) is 39.0 Å². The van der Waals surface area contributed by atoms with Crippen molar-refractivity contribution in [3.63, 3.8) is 0 Å². The summed E-state index contributed by atoms with van der Waals surface area (Å²) in [6, 6.07) is 25.7. The number of hydrogen-bond acceptors (Lipinski definition) is 3. The first-order chi connectivity index (χ1) is 16.2. The zero-order chi connectivity index (χ0) is 22.6. The molecule has 4 heteroatoms. The Kier molecular flexibility index (Phi) is 6.54. The molecule has 3 nitrogen and oxygen atoms in total. The number of amides is 1. The molecule has 1 saturated heterocycles. The smallest absolute Gasteiger partial charge is 0.227 e. The highest BCUT2D eigenvalue weighted by molar-refractivity contribution is 7.11. The number of carbonyl (C=O) groups is 1. The maximum Gasteiger partial charge on any atom is 0.227 e. The minimum atomic E-state index is 0.247. The molecule has 168 valence electrons. The lowest BCUT2D eigenvalue weighted by Crippen LogP contribution is -2.39. The Morgan fingerprint density at radius 2 is 1.70 bits per heavy atom. The number of carbonyl (C=O) groups excluding carboxylic acids is 1. The van der Waals surface area contributed by atoms with Gasteiger partial charge in [0.05, 0.1) is 17.1 Å². The van der Waals surface area contributed by atoms with E-state index in [1.54, 1.807) is 11.3 Å². The van der Waals surface area contributed by atoms with Crippen molar-refractivity contribution < 1.29 is 4.79 Å². The van der Waals surface area contributed by atoms with Gasteiger partial charge in [0.25, 0.3) is 0 Å². The fraction of sp³-hybridized carbons (Fsp3) is 0.310. The first-order valence-electron chi connectivity index (χ1n) is 11.9. The van der Waals surface area contributed by atoms with Crippen LogP contribution in [-0.4, -0.2) is 28.9 Å². The van der Waals surface area contributed by atoms with E-state index >= 15 is 0 Å². The predicted octanol–water partition coefficient (Wildman–Crippen LogP) is 6.22. The summed E-state index contributed by atoms with van der Waals surface area (Å²) in [6.07, 6.45) is 4.59. The highest BCUT2D eigenvalue weighted by atomic mass is 32.1. The van der Waals surface area contributed by atoms with Crippen molar-refractivity contribution in [1.82, 2.24) is 9.88 Å². The van der Waals surface area contributed by atoms with E-state index in [1.807, 2.05) is 6.92 Å². The van der Waals surface area contributed by atoms with Gasteiger partial charge >= 0.3 is 0 Å². The second-order valence-electron chi connectivity index (χ2n) is 9.12. The molecule has 1 amide bonds. The number of thiazole rings is 1. The minimum absolute atomic E-state index is 0.247. The summed E-state index contributed by atoms with van der Waals surface area (Å²) in [5, 5.41) is 3.63. The molecule has 0 radical (unpaired) electrons. The van der Waals surface area contributed by atoms with Crippen LogP contribution in [-0.2, 0) is 24.1 Å². The first-order valence-corrected chi connectivity index (χ1v) is 12.7. The van der Waals surface area contributed by atoms with Crippen molar-refractivity contribution in [3.8, 4) is 0 Å². The molecule has 33 heavy (non-hydrogen) atoms. The van der Waals surface area contributed by atoms with Crippen LogP contribution in [0.1, 0.15) is 39.5 Å². The van der Waals surface area contributed by atoms with E-state index in [1.165, 1.54) is 21.9 Å². The van der Waals surface area contributed by atoms with Gasteiger partial charge < -0.3 is 4.90 Å². The fourth-order valence-corrected chi connectivity index (χ4v) is 6.00. The summed E-state index contributed by atoms with van der Waals surface area (Å²) in [7, 11) is 0. The quantitative estimate of drug-likeness (QED) is 0.346. The third kappa shape index (κ3) is 5.17. The van der Waals surface area contributed by atoms with Gasteiger partial charge in [-0.05, 0) is 54.0 Å². The molecule has 0 atom stereocenters.